The van der Waals surface area contributed by atoms with Gasteiger partial charge in [-0.3, -0.25) is 0 Å². The molecule has 2 heterocycles. The van der Waals surface area contributed by atoms with E-state index in [4.69, 9.17) is 0 Å². The summed E-state index contributed by atoms with van der Waals surface area (Å²) in [6.07, 6.45) is 1.07. The van der Waals surface area contributed by atoms with Gasteiger partial charge in [0, 0.05) is 13.6 Å². The van der Waals surface area contributed by atoms with Crippen LogP contribution in [0, 0.1) is 0 Å². The average Bonchev–Trinajstić information content (AvgIpc) is 2.30. The first-order valence-electron chi connectivity index (χ1n) is 4.03. The summed E-state index contributed by atoms with van der Waals surface area (Å²) in [7, 11) is 1.87. The Morgan fingerprint density at radius 2 is 2.33 bits per heavy atom. The van der Waals surface area contributed by atoms with Gasteiger partial charge in [-0.15, -0.1) is 12.4 Å². The first kappa shape index (κ1) is 9.61. The minimum absolute atomic E-state index is 0. The second kappa shape index (κ2) is 3.49. The van der Waals surface area contributed by atoms with Crippen LogP contribution < -0.4 is 10.6 Å². The molecule has 0 saturated carbocycles. The number of urea groups is 1. The monoisotopic (exact) mass is 191 g/mol. The molecule has 2 amide bonds. The molecule has 2 unspecified atom stereocenters. The molecule has 0 aromatic carbocycles. The molecule has 0 aromatic heterocycles. The zero-order valence-electron chi connectivity index (χ0n) is 7.04. The second-order valence-electron chi connectivity index (χ2n) is 3.23. The van der Waals surface area contributed by atoms with Crippen molar-refractivity contribution < 1.29 is 4.79 Å². The molecule has 0 aliphatic carbocycles. The number of amides is 2. The topological polar surface area (TPSA) is 44.4 Å². The molecule has 2 N–H and O–H groups in total. The third-order valence-electron chi connectivity index (χ3n) is 2.57. The largest absolute Gasteiger partial charge is 0.332 e. The quantitative estimate of drug-likeness (QED) is 0.557. The summed E-state index contributed by atoms with van der Waals surface area (Å²) in [4.78, 5) is 12.9. The maximum Gasteiger partial charge on any atom is 0.317 e. The number of likely N-dealkylation sites (N-methyl/N-ethyl adjacent to an activating group) is 1. The van der Waals surface area contributed by atoms with E-state index in [1.54, 1.807) is 0 Å². The Morgan fingerprint density at radius 3 is 3.00 bits per heavy atom. The third-order valence-corrected chi connectivity index (χ3v) is 2.57. The van der Waals surface area contributed by atoms with E-state index in [2.05, 4.69) is 10.6 Å². The van der Waals surface area contributed by atoms with Crippen molar-refractivity contribution in [2.45, 2.75) is 18.5 Å². The fraction of sp³-hybridized carbons (Fsp3) is 0.857. The summed E-state index contributed by atoms with van der Waals surface area (Å²) in [5.41, 5.74) is 0. The molecule has 5 heteroatoms. The van der Waals surface area contributed by atoms with E-state index in [0.29, 0.717) is 12.1 Å². The van der Waals surface area contributed by atoms with Crippen LogP contribution in [0.1, 0.15) is 6.42 Å². The van der Waals surface area contributed by atoms with Gasteiger partial charge in [0.05, 0.1) is 12.1 Å². The van der Waals surface area contributed by atoms with Crippen LogP contribution in [0.3, 0.4) is 0 Å². The molecule has 0 bridgehead atoms. The highest BCUT2D eigenvalue weighted by Crippen LogP contribution is 2.16. The van der Waals surface area contributed by atoms with Crippen LogP contribution in [0.2, 0.25) is 0 Å². The number of rotatable bonds is 0. The van der Waals surface area contributed by atoms with E-state index >= 15 is 0 Å². The molecular weight excluding hydrogens is 178 g/mol. The fourth-order valence-corrected chi connectivity index (χ4v) is 1.87. The number of hydrogen-bond acceptors (Lipinski definition) is 2. The van der Waals surface area contributed by atoms with Crippen molar-refractivity contribution in [2.75, 3.05) is 20.1 Å². The minimum atomic E-state index is 0. The van der Waals surface area contributed by atoms with Crippen molar-refractivity contribution in [1.29, 1.82) is 0 Å². The van der Waals surface area contributed by atoms with Gasteiger partial charge in [-0.1, -0.05) is 0 Å². The number of piperidine rings is 1. The summed E-state index contributed by atoms with van der Waals surface area (Å²) in [5.74, 6) is 0. The lowest BCUT2D eigenvalue weighted by Gasteiger charge is -2.27. The number of carbonyl (C=O) groups is 1. The Hall–Kier alpha value is -0.480. The summed E-state index contributed by atoms with van der Waals surface area (Å²) in [6.45, 7) is 1.95. The fourth-order valence-electron chi connectivity index (χ4n) is 1.87. The summed E-state index contributed by atoms with van der Waals surface area (Å²) in [6, 6.07) is 0.827. The van der Waals surface area contributed by atoms with Crippen molar-refractivity contribution >= 4 is 18.4 Å². The van der Waals surface area contributed by atoms with E-state index in [0.717, 1.165) is 19.5 Å². The Balaban J connectivity index is 0.000000720. The molecule has 2 aliphatic rings. The number of halogens is 1. The molecule has 0 spiro atoms. The van der Waals surface area contributed by atoms with Gasteiger partial charge in [-0.2, -0.15) is 0 Å². The molecule has 2 fully saturated rings. The van der Waals surface area contributed by atoms with Crippen molar-refractivity contribution in [3.05, 3.63) is 0 Å². The van der Waals surface area contributed by atoms with E-state index in [1.807, 2.05) is 11.9 Å². The summed E-state index contributed by atoms with van der Waals surface area (Å²) in [5, 5.41) is 6.19. The van der Waals surface area contributed by atoms with E-state index in [1.165, 1.54) is 0 Å². The standard InChI is InChI=1S/C7H13N3O.ClH/c1-10-6-2-3-8-4-5(6)9-7(10)11;/h5-6,8H,2-4H2,1H3,(H,9,11);1H. The number of hydrogen-bond donors (Lipinski definition) is 2. The maximum atomic E-state index is 11.1. The maximum absolute atomic E-state index is 11.1. The molecule has 70 valence electrons. The molecule has 2 atom stereocenters. The molecular formula is C7H14ClN3O. The number of nitrogens with one attached hydrogen (secondary N) is 2. The van der Waals surface area contributed by atoms with E-state index in [-0.39, 0.29) is 18.4 Å². The van der Waals surface area contributed by atoms with Crippen LogP contribution in [0.4, 0.5) is 4.79 Å². The lowest BCUT2D eigenvalue weighted by molar-refractivity contribution is 0.210. The third kappa shape index (κ3) is 1.36. The van der Waals surface area contributed by atoms with Crippen LogP contribution in [0.25, 0.3) is 0 Å². The zero-order chi connectivity index (χ0) is 7.84. The van der Waals surface area contributed by atoms with E-state index in [9.17, 15) is 4.79 Å². The van der Waals surface area contributed by atoms with E-state index < -0.39 is 0 Å². The first-order valence-corrected chi connectivity index (χ1v) is 4.03. The molecule has 2 saturated heterocycles. The average molecular weight is 192 g/mol. The summed E-state index contributed by atoms with van der Waals surface area (Å²) >= 11 is 0. The minimum Gasteiger partial charge on any atom is -0.332 e. The predicted octanol–water partition coefficient (Wildman–Crippen LogP) is -0.206. The van der Waals surface area contributed by atoms with Crippen LogP contribution in [0.5, 0.6) is 0 Å². The lowest BCUT2D eigenvalue weighted by atomic mass is 10.0. The number of fused-ring (bicyclic) bond motifs is 1. The Morgan fingerprint density at radius 1 is 1.58 bits per heavy atom. The predicted molar refractivity (Wildman–Crippen MR) is 48.6 cm³/mol. The normalized spacial score (nSPS) is 33.8. The highest BCUT2D eigenvalue weighted by Gasteiger charge is 2.37. The van der Waals surface area contributed by atoms with Gasteiger partial charge in [-0.05, 0) is 13.0 Å². The Bertz CT molecular complexity index is 187. The number of carbonyl (C=O) groups excluding carboxylic acids is 1. The molecule has 4 nitrogen and oxygen atoms in total. The van der Waals surface area contributed by atoms with Crippen LogP contribution >= 0.6 is 12.4 Å². The smallest absolute Gasteiger partial charge is 0.317 e. The zero-order valence-corrected chi connectivity index (χ0v) is 7.86. The SMILES string of the molecule is CN1C(=O)NC2CNCCC21.Cl. The van der Waals surface area contributed by atoms with Gasteiger partial charge in [0.25, 0.3) is 0 Å². The lowest BCUT2D eigenvalue weighted by Crippen LogP contribution is -2.48. The highest BCUT2D eigenvalue weighted by molar-refractivity contribution is 5.85. The Labute approximate surface area is 78.1 Å². The van der Waals surface area contributed by atoms with Gasteiger partial charge in [0.2, 0.25) is 0 Å². The molecule has 0 aromatic rings. The molecule has 12 heavy (non-hydrogen) atoms. The molecule has 0 radical (unpaired) electrons. The van der Waals surface area contributed by atoms with Crippen molar-refractivity contribution in [2.24, 2.45) is 0 Å². The van der Waals surface area contributed by atoms with Gasteiger partial charge in [-0.25, -0.2) is 4.79 Å². The van der Waals surface area contributed by atoms with Crippen molar-refractivity contribution in [1.82, 2.24) is 15.5 Å². The molecule has 2 aliphatic heterocycles. The van der Waals surface area contributed by atoms with Crippen LogP contribution in [0.15, 0.2) is 0 Å². The van der Waals surface area contributed by atoms with Gasteiger partial charge >= 0.3 is 6.03 Å². The Kier molecular flexibility index (Phi) is 2.80. The van der Waals surface area contributed by atoms with Crippen molar-refractivity contribution in [3.8, 4) is 0 Å². The van der Waals surface area contributed by atoms with Crippen molar-refractivity contribution in [3.63, 3.8) is 0 Å². The highest BCUT2D eigenvalue weighted by atomic mass is 35.5. The first-order chi connectivity index (χ1) is 5.29. The van der Waals surface area contributed by atoms with Gasteiger partial charge in [0.15, 0.2) is 0 Å². The van der Waals surface area contributed by atoms with Crippen LogP contribution in [-0.4, -0.2) is 43.2 Å². The van der Waals surface area contributed by atoms with Crippen LogP contribution in [-0.2, 0) is 0 Å². The number of nitrogens with zero attached hydrogens (tertiary/aromatic N) is 1. The molecule has 2 rings (SSSR count). The van der Waals surface area contributed by atoms with Gasteiger partial charge in [0.1, 0.15) is 0 Å². The summed E-state index contributed by atoms with van der Waals surface area (Å²) < 4.78 is 0. The second-order valence-corrected chi connectivity index (χ2v) is 3.23. The van der Waals surface area contributed by atoms with Gasteiger partial charge < -0.3 is 15.5 Å².